The van der Waals surface area contributed by atoms with E-state index in [2.05, 4.69) is 0 Å². The van der Waals surface area contributed by atoms with Crippen LogP contribution in [0.4, 0.5) is 4.39 Å². The van der Waals surface area contributed by atoms with Gasteiger partial charge in [0.05, 0.1) is 0 Å². The normalized spacial score (nSPS) is 25.7. The number of benzene rings is 2. The molecule has 2 atom stereocenters. The van der Waals surface area contributed by atoms with Gasteiger partial charge in [-0.2, -0.15) is 0 Å². The molecule has 0 radical (unpaired) electrons. The lowest BCUT2D eigenvalue weighted by atomic mass is 9.93. The Bertz CT molecular complexity index is 565. The predicted octanol–water partition coefficient (Wildman–Crippen LogP) is 2.99. The fourth-order valence-electron chi connectivity index (χ4n) is 2.19. The van der Waals surface area contributed by atoms with Crippen LogP contribution in [0.5, 0.6) is 0 Å². The summed E-state index contributed by atoms with van der Waals surface area (Å²) in [4.78, 5) is 11.3. The second-order valence-electron chi connectivity index (χ2n) is 4.33. The van der Waals surface area contributed by atoms with Gasteiger partial charge in [0.15, 0.2) is 11.9 Å². The van der Waals surface area contributed by atoms with E-state index in [1.54, 1.807) is 12.1 Å². The van der Waals surface area contributed by atoms with Gasteiger partial charge in [0.25, 0.3) is 0 Å². The SMILES string of the molecule is O=C[C@@]1(c2ccc(F)cc2)O[C@H]1c1ccccc1. The molecule has 18 heavy (non-hydrogen) atoms. The van der Waals surface area contributed by atoms with E-state index < -0.39 is 5.60 Å². The fourth-order valence-corrected chi connectivity index (χ4v) is 2.19. The van der Waals surface area contributed by atoms with E-state index in [4.69, 9.17) is 4.74 Å². The molecule has 2 aromatic rings. The van der Waals surface area contributed by atoms with E-state index in [1.807, 2.05) is 30.3 Å². The van der Waals surface area contributed by atoms with E-state index in [1.165, 1.54) is 12.1 Å². The number of carbonyl (C=O) groups is 1. The van der Waals surface area contributed by atoms with Crippen molar-refractivity contribution in [3.63, 3.8) is 0 Å². The smallest absolute Gasteiger partial charge is 0.179 e. The van der Waals surface area contributed by atoms with E-state index in [-0.39, 0.29) is 11.9 Å². The lowest BCUT2D eigenvalue weighted by Crippen LogP contribution is -2.11. The Morgan fingerprint density at radius 3 is 2.33 bits per heavy atom. The van der Waals surface area contributed by atoms with Crippen molar-refractivity contribution in [1.29, 1.82) is 0 Å². The molecular weight excluding hydrogens is 231 g/mol. The highest BCUT2D eigenvalue weighted by Crippen LogP contribution is 2.55. The maximum Gasteiger partial charge on any atom is 0.179 e. The first kappa shape index (κ1) is 11.1. The molecule has 0 spiro atoms. The summed E-state index contributed by atoms with van der Waals surface area (Å²) >= 11 is 0. The van der Waals surface area contributed by atoms with Gasteiger partial charge in [-0.05, 0) is 23.3 Å². The summed E-state index contributed by atoms with van der Waals surface area (Å²) in [5, 5.41) is 0. The van der Waals surface area contributed by atoms with Gasteiger partial charge in [-0.3, -0.25) is 4.79 Å². The van der Waals surface area contributed by atoms with Crippen LogP contribution >= 0.6 is 0 Å². The number of hydrogen-bond acceptors (Lipinski definition) is 2. The van der Waals surface area contributed by atoms with Crippen molar-refractivity contribution >= 4 is 6.29 Å². The molecule has 90 valence electrons. The van der Waals surface area contributed by atoms with Crippen LogP contribution in [0.15, 0.2) is 54.6 Å². The molecule has 0 amide bonds. The minimum absolute atomic E-state index is 0.276. The van der Waals surface area contributed by atoms with Crippen molar-refractivity contribution in [1.82, 2.24) is 0 Å². The van der Waals surface area contributed by atoms with Crippen molar-refractivity contribution in [2.75, 3.05) is 0 Å². The van der Waals surface area contributed by atoms with Gasteiger partial charge < -0.3 is 4.74 Å². The molecule has 1 fully saturated rings. The van der Waals surface area contributed by atoms with Crippen molar-refractivity contribution < 1.29 is 13.9 Å². The molecule has 0 N–H and O–H groups in total. The molecule has 3 rings (SSSR count). The van der Waals surface area contributed by atoms with Gasteiger partial charge in [-0.1, -0.05) is 42.5 Å². The summed E-state index contributed by atoms with van der Waals surface area (Å²) in [5.41, 5.74) is 0.691. The van der Waals surface area contributed by atoms with Gasteiger partial charge in [-0.25, -0.2) is 4.39 Å². The minimum Gasteiger partial charge on any atom is -0.348 e. The molecule has 0 bridgehead atoms. The Labute approximate surface area is 104 Å². The quantitative estimate of drug-likeness (QED) is 0.611. The fraction of sp³-hybridized carbons (Fsp3) is 0.133. The summed E-state index contributed by atoms with van der Waals surface area (Å²) in [7, 11) is 0. The second kappa shape index (κ2) is 4.03. The van der Waals surface area contributed by atoms with Crippen LogP contribution < -0.4 is 0 Å². The Balaban J connectivity index is 1.95. The highest BCUT2D eigenvalue weighted by molar-refractivity contribution is 5.72. The first-order valence-electron chi connectivity index (χ1n) is 5.71. The zero-order chi connectivity index (χ0) is 12.6. The molecule has 3 heteroatoms. The summed E-state index contributed by atoms with van der Waals surface area (Å²) in [6.45, 7) is 0. The first-order chi connectivity index (χ1) is 8.76. The molecule has 0 aliphatic carbocycles. The van der Waals surface area contributed by atoms with Crippen LogP contribution in [-0.2, 0) is 15.1 Å². The number of hydrogen-bond donors (Lipinski definition) is 0. The largest absolute Gasteiger partial charge is 0.348 e. The number of epoxide rings is 1. The number of rotatable bonds is 3. The molecule has 2 nitrogen and oxygen atoms in total. The third-order valence-corrected chi connectivity index (χ3v) is 3.22. The Hall–Kier alpha value is -2.00. The van der Waals surface area contributed by atoms with Gasteiger partial charge in [-0.15, -0.1) is 0 Å². The summed E-state index contributed by atoms with van der Waals surface area (Å²) in [6.07, 6.45) is 0.513. The van der Waals surface area contributed by atoms with E-state index >= 15 is 0 Å². The standard InChI is InChI=1S/C15H11FO2/c16-13-8-6-12(7-9-13)15(10-17)14(18-15)11-4-2-1-3-5-11/h1-10,14H/t14-,15-/m0/s1. The van der Waals surface area contributed by atoms with Crippen molar-refractivity contribution in [3.05, 3.63) is 71.5 Å². The molecule has 2 aromatic carbocycles. The van der Waals surface area contributed by atoms with Crippen molar-refractivity contribution in [2.24, 2.45) is 0 Å². The van der Waals surface area contributed by atoms with Gasteiger partial charge in [0.1, 0.15) is 11.9 Å². The van der Waals surface area contributed by atoms with E-state index in [0.29, 0.717) is 5.56 Å². The maximum atomic E-state index is 12.9. The molecule has 0 saturated carbocycles. The molecule has 1 saturated heterocycles. The van der Waals surface area contributed by atoms with Crippen LogP contribution in [0.25, 0.3) is 0 Å². The zero-order valence-electron chi connectivity index (χ0n) is 9.55. The van der Waals surface area contributed by atoms with Crippen LogP contribution in [-0.4, -0.2) is 6.29 Å². The minimum atomic E-state index is -0.949. The second-order valence-corrected chi connectivity index (χ2v) is 4.33. The molecule has 1 aliphatic rings. The summed E-state index contributed by atoms with van der Waals surface area (Å²) in [5.74, 6) is -0.322. The van der Waals surface area contributed by atoms with Crippen LogP contribution in [0.3, 0.4) is 0 Å². The monoisotopic (exact) mass is 242 g/mol. The zero-order valence-corrected chi connectivity index (χ0v) is 9.55. The Kier molecular flexibility index (Phi) is 2.49. The van der Waals surface area contributed by atoms with Gasteiger partial charge in [0.2, 0.25) is 0 Å². The lowest BCUT2D eigenvalue weighted by Gasteiger charge is -2.05. The Morgan fingerprint density at radius 1 is 1.06 bits per heavy atom. The number of carbonyl (C=O) groups excluding carboxylic acids is 1. The molecule has 1 aliphatic heterocycles. The average molecular weight is 242 g/mol. The Morgan fingerprint density at radius 2 is 1.72 bits per heavy atom. The molecule has 0 aromatic heterocycles. The molecule has 0 unspecified atom stereocenters. The van der Waals surface area contributed by atoms with Crippen molar-refractivity contribution in [2.45, 2.75) is 11.7 Å². The summed E-state index contributed by atoms with van der Waals surface area (Å²) in [6, 6.07) is 15.4. The van der Waals surface area contributed by atoms with Crippen LogP contribution in [0, 0.1) is 5.82 Å². The van der Waals surface area contributed by atoms with Gasteiger partial charge in [0, 0.05) is 0 Å². The number of aldehydes is 1. The number of ether oxygens (including phenoxy) is 1. The molecule has 1 heterocycles. The highest BCUT2D eigenvalue weighted by atomic mass is 19.1. The molecular formula is C15H11FO2. The average Bonchev–Trinajstić information content (AvgIpc) is 3.17. The third kappa shape index (κ3) is 1.64. The number of halogens is 1. The van der Waals surface area contributed by atoms with Crippen LogP contribution in [0.2, 0.25) is 0 Å². The van der Waals surface area contributed by atoms with Gasteiger partial charge >= 0.3 is 0 Å². The highest BCUT2D eigenvalue weighted by Gasteiger charge is 2.58. The third-order valence-electron chi connectivity index (χ3n) is 3.22. The summed E-state index contributed by atoms with van der Waals surface area (Å²) < 4.78 is 18.5. The topological polar surface area (TPSA) is 29.6 Å². The van der Waals surface area contributed by atoms with E-state index in [9.17, 15) is 9.18 Å². The van der Waals surface area contributed by atoms with Crippen LogP contribution in [0.1, 0.15) is 17.2 Å². The maximum absolute atomic E-state index is 12.9. The first-order valence-corrected chi connectivity index (χ1v) is 5.71. The predicted molar refractivity (Wildman–Crippen MR) is 64.4 cm³/mol. The van der Waals surface area contributed by atoms with E-state index in [0.717, 1.165) is 11.8 Å². The lowest BCUT2D eigenvalue weighted by molar-refractivity contribution is -0.112. The van der Waals surface area contributed by atoms with Crippen molar-refractivity contribution in [3.8, 4) is 0 Å².